The fourth-order valence-corrected chi connectivity index (χ4v) is 1.69. The van der Waals surface area contributed by atoms with Crippen molar-refractivity contribution in [2.45, 2.75) is 6.61 Å². The van der Waals surface area contributed by atoms with Gasteiger partial charge in [0.2, 0.25) is 0 Å². The van der Waals surface area contributed by atoms with Gasteiger partial charge in [0.25, 0.3) is 11.6 Å². The largest absolute Gasteiger partial charge is 0.435 e. The number of carbonyl (C=O) groups excluding carboxylic acids is 1. The summed E-state index contributed by atoms with van der Waals surface area (Å²) in [4.78, 5) is 22.0. The summed E-state index contributed by atoms with van der Waals surface area (Å²) in [6, 6.07) is 10.5. The third-order valence-corrected chi connectivity index (χ3v) is 2.66. The van der Waals surface area contributed by atoms with Crippen molar-refractivity contribution in [2.75, 3.05) is 5.32 Å². The molecule has 0 aliphatic rings. The number of nitrogens with one attached hydrogen (secondary N) is 1. The topological polar surface area (TPSA) is 81.5 Å². The normalized spacial score (nSPS) is 10.3. The smallest absolute Gasteiger partial charge is 0.387 e. The van der Waals surface area contributed by atoms with Gasteiger partial charge in [-0.1, -0.05) is 6.07 Å². The zero-order chi connectivity index (χ0) is 16.1. The summed E-state index contributed by atoms with van der Waals surface area (Å²) in [6.45, 7) is -2.94. The van der Waals surface area contributed by atoms with Crippen molar-refractivity contribution in [3.8, 4) is 5.75 Å². The molecule has 1 amide bonds. The second-order valence-electron chi connectivity index (χ2n) is 4.16. The van der Waals surface area contributed by atoms with E-state index in [2.05, 4.69) is 10.1 Å². The van der Waals surface area contributed by atoms with Crippen molar-refractivity contribution in [3.05, 3.63) is 64.2 Å². The van der Waals surface area contributed by atoms with Crippen LogP contribution in [0.5, 0.6) is 5.75 Å². The number of amides is 1. The highest BCUT2D eigenvalue weighted by atomic mass is 19.3. The van der Waals surface area contributed by atoms with E-state index < -0.39 is 17.4 Å². The van der Waals surface area contributed by atoms with Crippen LogP contribution in [0, 0.1) is 10.1 Å². The van der Waals surface area contributed by atoms with Crippen LogP contribution in [0.3, 0.4) is 0 Å². The van der Waals surface area contributed by atoms with Crippen LogP contribution in [-0.4, -0.2) is 17.4 Å². The van der Waals surface area contributed by atoms with Crippen LogP contribution in [-0.2, 0) is 0 Å². The average molecular weight is 308 g/mol. The second-order valence-corrected chi connectivity index (χ2v) is 4.16. The number of anilines is 1. The van der Waals surface area contributed by atoms with Crippen molar-refractivity contribution in [1.82, 2.24) is 0 Å². The molecule has 0 bridgehead atoms. The van der Waals surface area contributed by atoms with Crippen LogP contribution in [0.15, 0.2) is 48.5 Å². The number of nitrogens with zero attached hydrogens (tertiary/aromatic N) is 1. The molecule has 0 spiro atoms. The van der Waals surface area contributed by atoms with Gasteiger partial charge < -0.3 is 10.1 Å². The highest BCUT2D eigenvalue weighted by Crippen LogP contribution is 2.19. The molecule has 6 nitrogen and oxygen atoms in total. The fourth-order valence-electron chi connectivity index (χ4n) is 1.69. The minimum atomic E-state index is -2.94. The summed E-state index contributed by atoms with van der Waals surface area (Å²) in [6.07, 6.45) is 0. The summed E-state index contributed by atoms with van der Waals surface area (Å²) in [5.74, 6) is -0.592. The van der Waals surface area contributed by atoms with Gasteiger partial charge in [-0.15, -0.1) is 0 Å². The van der Waals surface area contributed by atoms with E-state index in [0.717, 1.165) is 0 Å². The number of hydrogen-bond acceptors (Lipinski definition) is 4. The summed E-state index contributed by atoms with van der Waals surface area (Å²) < 4.78 is 28.2. The number of carbonyl (C=O) groups is 1. The average Bonchev–Trinajstić information content (AvgIpc) is 2.47. The molecule has 0 saturated heterocycles. The molecular weight excluding hydrogens is 298 g/mol. The van der Waals surface area contributed by atoms with E-state index >= 15 is 0 Å². The molecule has 0 fully saturated rings. The van der Waals surface area contributed by atoms with Crippen molar-refractivity contribution in [2.24, 2.45) is 0 Å². The Morgan fingerprint density at radius 3 is 2.45 bits per heavy atom. The van der Waals surface area contributed by atoms with Crippen molar-refractivity contribution >= 4 is 17.3 Å². The molecule has 114 valence electrons. The predicted octanol–water partition coefficient (Wildman–Crippen LogP) is 3.45. The monoisotopic (exact) mass is 308 g/mol. The number of alkyl halides is 2. The van der Waals surface area contributed by atoms with Gasteiger partial charge >= 0.3 is 6.61 Å². The van der Waals surface area contributed by atoms with E-state index in [9.17, 15) is 23.7 Å². The third-order valence-electron chi connectivity index (χ3n) is 2.66. The van der Waals surface area contributed by atoms with Gasteiger partial charge in [0.05, 0.1) is 4.92 Å². The Labute approximate surface area is 123 Å². The Balaban J connectivity index is 2.08. The van der Waals surface area contributed by atoms with E-state index in [0.29, 0.717) is 0 Å². The van der Waals surface area contributed by atoms with Gasteiger partial charge in [-0.05, 0) is 30.3 Å². The molecule has 1 N–H and O–H groups in total. The first kappa shape index (κ1) is 15.4. The van der Waals surface area contributed by atoms with Crippen LogP contribution in [0.25, 0.3) is 0 Å². The van der Waals surface area contributed by atoms with E-state index in [-0.39, 0.29) is 22.7 Å². The number of nitro groups is 1. The van der Waals surface area contributed by atoms with E-state index in [1.54, 1.807) is 0 Å². The van der Waals surface area contributed by atoms with Gasteiger partial charge in [0.15, 0.2) is 0 Å². The van der Waals surface area contributed by atoms with Crippen LogP contribution >= 0.6 is 0 Å². The zero-order valence-electron chi connectivity index (χ0n) is 11.0. The van der Waals surface area contributed by atoms with Crippen LogP contribution in [0.1, 0.15) is 10.4 Å². The number of non-ortho nitro benzene ring substituents is 1. The molecule has 8 heteroatoms. The molecule has 0 atom stereocenters. The maximum absolute atomic E-state index is 12.0. The van der Waals surface area contributed by atoms with Crippen LogP contribution < -0.4 is 10.1 Å². The van der Waals surface area contributed by atoms with E-state index in [1.807, 2.05) is 0 Å². The minimum Gasteiger partial charge on any atom is -0.435 e. The molecule has 22 heavy (non-hydrogen) atoms. The highest BCUT2D eigenvalue weighted by Gasteiger charge is 2.10. The Morgan fingerprint density at radius 1 is 1.18 bits per heavy atom. The predicted molar refractivity (Wildman–Crippen MR) is 74.1 cm³/mol. The lowest BCUT2D eigenvalue weighted by Gasteiger charge is -2.07. The molecule has 0 radical (unpaired) electrons. The fraction of sp³-hybridized carbons (Fsp3) is 0.0714. The molecule has 0 unspecified atom stereocenters. The first-order chi connectivity index (χ1) is 10.5. The number of ether oxygens (including phenoxy) is 1. The first-order valence-electron chi connectivity index (χ1n) is 6.06. The number of halogens is 2. The van der Waals surface area contributed by atoms with Crippen LogP contribution in [0.4, 0.5) is 20.2 Å². The number of hydrogen-bond donors (Lipinski definition) is 1. The minimum absolute atomic E-state index is 0.0677. The Hall–Kier alpha value is -3.03. The van der Waals surface area contributed by atoms with Crippen molar-refractivity contribution in [3.63, 3.8) is 0 Å². The summed E-state index contributed by atoms with van der Waals surface area (Å²) >= 11 is 0. The van der Waals surface area contributed by atoms with E-state index in [1.165, 1.54) is 48.5 Å². The zero-order valence-corrected chi connectivity index (χ0v) is 11.0. The lowest BCUT2D eigenvalue weighted by atomic mass is 10.2. The molecule has 0 saturated carbocycles. The standard InChI is InChI=1S/C14H10F2N2O4/c15-14(16)22-12-6-4-9(5-7-12)13(19)17-10-2-1-3-11(8-10)18(20)21/h1-8,14H,(H,17,19). The van der Waals surface area contributed by atoms with Crippen molar-refractivity contribution < 1.29 is 23.2 Å². The molecule has 0 aliphatic carbocycles. The third kappa shape index (κ3) is 3.98. The second kappa shape index (κ2) is 6.61. The summed E-state index contributed by atoms with van der Waals surface area (Å²) in [5.41, 5.74) is 0.304. The Bertz CT molecular complexity index is 689. The quantitative estimate of drug-likeness (QED) is 0.677. The number of rotatable bonds is 5. The van der Waals surface area contributed by atoms with Gasteiger partial charge in [-0.3, -0.25) is 14.9 Å². The molecular formula is C14H10F2N2O4. The molecule has 0 aromatic heterocycles. The van der Waals surface area contributed by atoms with Gasteiger partial charge in [-0.2, -0.15) is 8.78 Å². The SMILES string of the molecule is O=C(Nc1cccc([N+](=O)[O-])c1)c1ccc(OC(F)F)cc1. The van der Waals surface area contributed by atoms with Crippen molar-refractivity contribution in [1.29, 1.82) is 0 Å². The van der Waals surface area contributed by atoms with Gasteiger partial charge in [-0.25, -0.2) is 0 Å². The molecule has 2 aromatic carbocycles. The van der Waals surface area contributed by atoms with Gasteiger partial charge in [0.1, 0.15) is 5.75 Å². The van der Waals surface area contributed by atoms with E-state index in [4.69, 9.17) is 0 Å². The maximum atomic E-state index is 12.0. The maximum Gasteiger partial charge on any atom is 0.387 e. The Kier molecular flexibility index (Phi) is 4.62. The molecule has 2 rings (SSSR count). The number of benzene rings is 2. The lowest BCUT2D eigenvalue weighted by Crippen LogP contribution is -2.12. The molecule has 0 aliphatic heterocycles. The number of nitro benzene ring substituents is 1. The molecule has 0 heterocycles. The molecule has 2 aromatic rings. The highest BCUT2D eigenvalue weighted by molar-refractivity contribution is 6.04. The van der Waals surface area contributed by atoms with Crippen LogP contribution in [0.2, 0.25) is 0 Å². The summed E-state index contributed by atoms with van der Waals surface area (Å²) in [7, 11) is 0. The Morgan fingerprint density at radius 2 is 1.86 bits per heavy atom. The summed E-state index contributed by atoms with van der Waals surface area (Å²) in [5, 5.41) is 13.1. The lowest BCUT2D eigenvalue weighted by molar-refractivity contribution is -0.384. The first-order valence-corrected chi connectivity index (χ1v) is 6.06. The van der Waals surface area contributed by atoms with Gasteiger partial charge in [0, 0.05) is 23.4 Å².